The summed E-state index contributed by atoms with van der Waals surface area (Å²) in [5, 5.41) is 3.83. The van der Waals surface area contributed by atoms with E-state index in [1.54, 1.807) is 24.3 Å². The van der Waals surface area contributed by atoms with E-state index in [-0.39, 0.29) is 4.21 Å². The van der Waals surface area contributed by atoms with Crippen molar-refractivity contribution in [2.24, 2.45) is 0 Å². The van der Waals surface area contributed by atoms with Gasteiger partial charge in [0.25, 0.3) is 10.0 Å². The van der Waals surface area contributed by atoms with E-state index >= 15 is 0 Å². The fourth-order valence-electron chi connectivity index (χ4n) is 2.17. The van der Waals surface area contributed by atoms with Gasteiger partial charge in [-0.15, -0.1) is 11.3 Å². The summed E-state index contributed by atoms with van der Waals surface area (Å²) >= 11 is 7.33. The van der Waals surface area contributed by atoms with Crippen molar-refractivity contribution in [3.05, 3.63) is 64.1 Å². The Balaban J connectivity index is 1.75. The van der Waals surface area contributed by atoms with Crippen molar-refractivity contribution in [3.8, 4) is 0 Å². The first kappa shape index (κ1) is 17.7. The Morgan fingerprint density at radius 1 is 1.08 bits per heavy atom. The molecule has 5 nitrogen and oxygen atoms in total. The monoisotopic (exact) mass is 393 g/mol. The maximum absolute atomic E-state index is 12.3. The Morgan fingerprint density at radius 3 is 2.52 bits per heavy atom. The second kappa shape index (κ2) is 7.03. The predicted octanol–water partition coefficient (Wildman–Crippen LogP) is 4.96. The zero-order chi connectivity index (χ0) is 18.0. The number of aromatic nitrogens is 1. The number of nitrogens with zero attached hydrogens (tertiary/aromatic N) is 1. The Kier molecular flexibility index (Phi) is 4.99. The number of benzene rings is 1. The van der Waals surface area contributed by atoms with Gasteiger partial charge in [0.15, 0.2) is 0 Å². The zero-order valence-corrected chi connectivity index (χ0v) is 16.0. The van der Waals surface area contributed by atoms with Crippen molar-refractivity contribution in [3.63, 3.8) is 0 Å². The SMILES string of the molecule is Cc1ccc(S(=O)(=O)Nc2ccc(Nc3cccc(Cl)c3C)nc2)s1. The van der Waals surface area contributed by atoms with E-state index in [1.807, 2.05) is 32.0 Å². The number of hydrogen-bond donors (Lipinski definition) is 2. The van der Waals surface area contributed by atoms with Gasteiger partial charge in [0.05, 0.1) is 11.9 Å². The van der Waals surface area contributed by atoms with E-state index in [4.69, 9.17) is 11.6 Å². The molecule has 0 fully saturated rings. The number of rotatable bonds is 5. The van der Waals surface area contributed by atoms with E-state index < -0.39 is 10.0 Å². The van der Waals surface area contributed by atoms with Crippen molar-refractivity contribution in [1.29, 1.82) is 0 Å². The van der Waals surface area contributed by atoms with Gasteiger partial charge in [-0.1, -0.05) is 17.7 Å². The topological polar surface area (TPSA) is 71.1 Å². The number of hydrogen-bond acceptors (Lipinski definition) is 5. The van der Waals surface area contributed by atoms with Crippen molar-refractivity contribution in [1.82, 2.24) is 4.98 Å². The number of anilines is 3. The van der Waals surface area contributed by atoms with E-state index in [0.717, 1.165) is 16.1 Å². The third-order valence-electron chi connectivity index (χ3n) is 3.53. The van der Waals surface area contributed by atoms with Crippen molar-refractivity contribution in [2.75, 3.05) is 10.0 Å². The number of sulfonamides is 1. The molecule has 130 valence electrons. The fraction of sp³-hybridized carbons (Fsp3) is 0.118. The number of pyridine rings is 1. The molecule has 0 amide bonds. The average molecular weight is 394 g/mol. The van der Waals surface area contributed by atoms with Gasteiger partial charge in [-0.3, -0.25) is 4.72 Å². The van der Waals surface area contributed by atoms with Crippen LogP contribution in [0.5, 0.6) is 0 Å². The molecule has 0 spiro atoms. The smallest absolute Gasteiger partial charge is 0.271 e. The first-order valence-corrected chi connectivity index (χ1v) is 10.1. The highest BCUT2D eigenvalue weighted by atomic mass is 35.5. The maximum atomic E-state index is 12.3. The quantitative estimate of drug-likeness (QED) is 0.642. The Bertz CT molecular complexity index is 999. The highest BCUT2D eigenvalue weighted by Crippen LogP contribution is 2.26. The second-order valence-corrected chi connectivity index (χ2v) is 9.04. The highest BCUT2D eigenvalue weighted by molar-refractivity contribution is 7.94. The van der Waals surface area contributed by atoms with Crippen LogP contribution >= 0.6 is 22.9 Å². The molecule has 3 rings (SSSR count). The van der Waals surface area contributed by atoms with Gasteiger partial charge in [-0.25, -0.2) is 13.4 Å². The minimum atomic E-state index is -3.59. The van der Waals surface area contributed by atoms with Crippen LogP contribution in [-0.4, -0.2) is 13.4 Å². The zero-order valence-electron chi connectivity index (χ0n) is 13.6. The minimum Gasteiger partial charge on any atom is -0.340 e. The van der Waals surface area contributed by atoms with E-state index in [0.29, 0.717) is 16.5 Å². The van der Waals surface area contributed by atoms with Crippen LogP contribution in [0.4, 0.5) is 17.2 Å². The molecule has 0 aliphatic heterocycles. The summed E-state index contributed by atoms with van der Waals surface area (Å²) in [6.45, 7) is 3.78. The molecule has 0 saturated carbocycles. The minimum absolute atomic E-state index is 0.279. The maximum Gasteiger partial charge on any atom is 0.271 e. The number of aryl methyl sites for hydroxylation is 1. The van der Waals surface area contributed by atoms with Crippen LogP contribution in [0.15, 0.2) is 52.9 Å². The van der Waals surface area contributed by atoms with Crippen LogP contribution in [0.3, 0.4) is 0 Å². The summed E-state index contributed by atoms with van der Waals surface area (Å²) in [5.74, 6) is 0.597. The van der Waals surface area contributed by atoms with Crippen LogP contribution in [-0.2, 0) is 10.0 Å². The molecule has 3 aromatic rings. The van der Waals surface area contributed by atoms with Gasteiger partial charge < -0.3 is 5.32 Å². The van der Waals surface area contributed by atoms with E-state index in [1.165, 1.54) is 17.5 Å². The molecule has 25 heavy (non-hydrogen) atoms. The van der Waals surface area contributed by atoms with Crippen LogP contribution in [0.25, 0.3) is 0 Å². The standard InChI is InChI=1S/C17H16ClN3O2S2/c1-11-6-9-17(24-11)25(22,23)21-13-7-8-16(19-10-13)20-15-5-3-4-14(18)12(15)2/h3-10,21H,1-2H3,(H,19,20). The molecule has 2 heterocycles. The number of thiophene rings is 1. The van der Waals surface area contributed by atoms with E-state index in [9.17, 15) is 8.42 Å². The summed E-state index contributed by atoms with van der Waals surface area (Å²) in [7, 11) is -3.59. The summed E-state index contributed by atoms with van der Waals surface area (Å²) in [5.41, 5.74) is 2.17. The molecule has 0 aliphatic carbocycles. The lowest BCUT2D eigenvalue weighted by Crippen LogP contribution is -2.11. The van der Waals surface area contributed by atoms with Crippen LogP contribution in [0, 0.1) is 13.8 Å². The first-order chi connectivity index (χ1) is 11.8. The molecule has 0 radical (unpaired) electrons. The fourth-order valence-corrected chi connectivity index (χ4v) is 4.67. The molecular weight excluding hydrogens is 378 g/mol. The highest BCUT2D eigenvalue weighted by Gasteiger charge is 2.16. The summed E-state index contributed by atoms with van der Waals surface area (Å²) in [6.07, 6.45) is 1.47. The molecule has 1 aromatic carbocycles. The van der Waals surface area contributed by atoms with Gasteiger partial charge in [0.2, 0.25) is 0 Å². The Morgan fingerprint density at radius 2 is 1.88 bits per heavy atom. The van der Waals surface area contributed by atoms with Gasteiger partial charge in [0.1, 0.15) is 10.0 Å². The van der Waals surface area contributed by atoms with Crippen LogP contribution < -0.4 is 10.0 Å². The second-order valence-electron chi connectivity index (χ2n) is 5.44. The summed E-state index contributed by atoms with van der Waals surface area (Å²) in [4.78, 5) is 5.19. The molecule has 0 unspecified atom stereocenters. The first-order valence-electron chi connectivity index (χ1n) is 7.42. The van der Waals surface area contributed by atoms with Gasteiger partial charge in [-0.05, 0) is 55.8 Å². The third kappa shape index (κ3) is 4.12. The summed E-state index contributed by atoms with van der Waals surface area (Å²) in [6, 6.07) is 12.3. The van der Waals surface area contributed by atoms with Crippen molar-refractivity contribution in [2.45, 2.75) is 18.1 Å². The molecule has 0 aliphatic rings. The Labute approximate surface area is 155 Å². The van der Waals surface area contributed by atoms with Crippen molar-refractivity contribution < 1.29 is 8.42 Å². The molecule has 0 saturated heterocycles. The third-order valence-corrected chi connectivity index (χ3v) is 6.81. The predicted molar refractivity (Wildman–Crippen MR) is 104 cm³/mol. The molecule has 0 bridgehead atoms. The largest absolute Gasteiger partial charge is 0.340 e. The van der Waals surface area contributed by atoms with E-state index in [2.05, 4.69) is 15.0 Å². The van der Waals surface area contributed by atoms with Crippen molar-refractivity contribution >= 4 is 50.2 Å². The molecule has 2 aromatic heterocycles. The number of halogens is 1. The van der Waals surface area contributed by atoms with Crippen LogP contribution in [0.2, 0.25) is 5.02 Å². The molecule has 8 heteroatoms. The molecule has 2 N–H and O–H groups in total. The van der Waals surface area contributed by atoms with Gasteiger partial charge in [-0.2, -0.15) is 0 Å². The lowest BCUT2D eigenvalue weighted by Gasteiger charge is -2.11. The lowest BCUT2D eigenvalue weighted by atomic mass is 10.2. The number of nitrogens with one attached hydrogen (secondary N) is 2. The van der Waals surface area contributed by atoms with Gasteiger partial charge >= 0.3 is 0 Å². The lowest BCUT2D eigenvalue weighted by molar-refractivity contribution is 0.603. The van der Waals surface area contributed by atoms with Crippen LogP contribution in [0.1, 0.15) is 10.4 Å². The molecule has 0 atom stereocenters. The average Bonchev–Trinajstić information content (AvgIpc) is 3.01. The normalized spacial score (nSPS) is 11.3. The van der Waals surface area contributed by atoms with Gasteiger partial charge in [0, 0.05) is 15.6 Å². The Hall–Kier alpha value is -2.09. The summed E-state index contributed by atoms with van der Waals surface area (Å²) < 4.78 is 27.4. The molecular formula is C17H16ClN3O2S2.